The zero-order valence-electron chi connectivity index (χ0n) is 9.67. The molecular formula is C11H14. The molecule has 1 aromatic rings. The molecule has 1 rings (SSSR count). The van der Waals surface area contributed by atoms with Crippen LogP contribution in [0, 0.1) is 0 Å². The first-order chi connectivity index (χ1) is 6.50. The molecule has 0 heterocycles. The third-order valence-corrected chi connectivity index (χ3v) is 1.49. The summed E-state index contributed by atoms with van der Waals surface area (Å²) in [7, 11) is 0. The maximum atomic E-state index is 7.17. The highest BCUT2D eigenvalue weighted by molar-refractivity contribution is 5.18. The lowest BCUT2D eigenvalue weighted by Crippen LogP contribution is -1.79. The summed E-state index contributed by atoms with van der Waals surface area (Å²) in [4.78, 5) is 0. The fourth-order valence-electron chi connectivity index (χ4n) is 0.885. The second kappa shape index (κ2) is 3.97. The Balaban J connectivity index is 2.65. The van der Waals surface area contributed by atoms with Crippen molar-refractivity contribution >= 4 is 0 Å². The van der Waals surface area contributed by atoms with E-state index < -0.39 is 6.85 Å². The van der Waals surface area contributed by atoms with Crippen LogP contribution in [-0.4, -0.2) is 0 Å². The molecule has 0 spiro atoms. The predicted molar refractivity (Wildman–Crippen MR) is 49.6 cm³/mol. The zero-order valence-corrected chi connectivity index (χ0v) is 6.67. The molecular weight excluding hydrogens is 132 g/mol. The lowest BCUT2D eigenvalue weighted by Gasteiger charge is -1.94. The molecule has 0 atom stereocenters. The highest BCUT2D eigenvalue weighted by atomic mass is 13.9. The Labute approximate surface area is 72.8 Å². The van der Waals surface area contributed by atoms with Crippen LogP contribution in [0.25, 0.3) is 0 Å². The lowest BCUT2D eigenvalue weighted by atomic mass is 10.1. The zero-order chi connectivity index (χ0) is 10.6. The van der Waals surface area contributed by atoms with E-state index >= 15 is 0 Å². The van der Waals surface area contributed by atoms with Gasteiger partial charge in [0.05, 0.1) is 0 Å². The number of allylic oxidation sites excluding steroid dienone is 2. The molecule has 0 saturated carbocycles. The lowest BCUT2D eigenvalue weighted by molar-refractivity contribution is 1.21. The van der Waals surface area contributed by atoms with Gasteiger partial charge in [-0.2, -0.15) is 0 Å². The van der Waals surface area contributed by atoms with Crippen LogP contribution in [0.3, 0.4) is 0 Å². The Morgan fingerprint density at radius 3 is 2.82 bits per heavy atom. The Morgan fingerprint density at radius 2 is 2.18 bits per heavy atom. The maximum Gasteiger partial charge on any atom is 0.0276 e. The van der Waals surface area contributed by atoms with Gasteiger partial charge in [-0.15, -0.1) is 0 Å². The molecule has 0 unspecified atom stereocenters. The quantitative estimate of drug-likeness (QED) is 0.566. The first-order valence-corrected chi connectivity index (χ1v) is 3.71. The van der Waals surface area contributed by atoms with E-state index in [0.717, 1.165) is 5.56 Å². The molecule has 0 N–H and O–H groups in total. The van der Waals surface area contributed by atoms with Crippen LogP contribution in [0.5, 0.6) is 0 Å². The predicted octanol–water partition coefficient (Wildman–Crippen LogP) is 3.20. The van der Waals surface area contributed by atoms with E-state index in [4.69, 9.17) is 4.11 Å². The fraction of sp³-hybridized carbons (Fsp3) is 0.273. The Bertz CT molecular complexity index is 309. The van der Waals surface area contributed by atoms with E-state index in [1.807, 2.05) is 30.3 Å². The standard InChI is InChI=1S/C11H14/c1-10(2)8-9-11-6-4-3-5-7-11/h3-8H,9H2,1-2H3/i1D3/b10-8-. The van der Waals surface area contributed by atoms with Gasteiger partial charge in [-0.05, 0) is 25.8 Å². The van der Waals surface area contributed by atoms with Gasteiger partial charge in [-0.3, -0.25) is 0 Å². The Hall–Kier alpha value is -1.04. The number of hydrogen-bond donors (Lipinski definition) is 0. The molecule has 0 aliphatic carbocycles. The molecule has 11 heavy (non-hydrogen) atoms. The molecule has 0 aliphatic rings. The average Bonchev–Trinajstić information content (AvgIpc) is 2.14. The van der Waals surface area contributed by atoms with Gasteiger partial charge in [0.15, 0.2) is 0 Å². The van der Waals surface area contributed by atoms with Crippen molar-refractivity contribution < 1.29 is 4.11 Å². The molecule has 0 bridgehead atoms. The van der Waals surface area contributed by atoms with Crippen molar-refractivity contribution in [3.8, 4) is 0 Å². The van der Waals surface area contributed by atoms with Crippen LogP contribution in [0.15, 0.2) is 42.0 Å². The van der Waals surface area contributed by atoms with E-state index in [0.29, 0.717) is 12.0 Å². The molecule has 0 radical (unpaired) electrons. The third-order valence-electron chi connectivity index (χ3n) is 1.49. The molecule has 0 nitrogen and oxygen atoms in total. The smallest absolute Gasteiger partial charge is 0.0276 e. The summed E-state index contributed by atoms with van der Waals surface area (Å²) < 4.78 is 21.5. The fourth-order valence-corrected chi connectivity index (χ4v) is 0.885. The van der Waals surface area contributed by atoms with Gasteiger partial charge < -0.3 is 0 Å². The highest BCUT2D eigenvalue weighted by Gasteiger charge is 1.85. The van der Waals surface area contributed by atoms with E-state index in [1.165, 1.54) is 0 Å². The average molecular weight is 149 g/mol. The number of rotatable bonds is 2. The van der Waals surface area contributed by atoms with Crippen molar-refractivity contribution in [2.75, 3.05) is 0 Å². The summed E-state index contributed by atoms with van der Waals surface area (Å²) in [5.41, 5.74) is 1.59. The van der Waals surface area contributed by atoms with Crippen LogP contribution in [0.4, 0.5) is 0 Å². The molecule has 0 heteroatoms. The van der Waals surface area contributed by atoms with Gasteiger partial charge in [0.1, 0.15) is 0 Å². The normalized spacial score (nSPS) is 16.8. The van der Waals surface area contributed by atoms with Crippen molar-refractivity contribution in [2.45, 2.75) is 20.2 Å². The first kappa shape index (κ1) is 4.76. The second-order valence-corrected chi connectivity index (χ2v) is 2.58. The van der Waals surface area contributed by atoms with Crippen molar-refractivity contribution in [3.63, 3.8) is 0 Å². The van der Waals surface area contributed by atoms with Gasteiger partial charge in [0.25, 0.3) is 0 Å². The van der Waals surface area contributed by atoms with Gasteiger partial charge in [0, 0.05) is 4.11 Å². The molecule has 1 aromatic carbocycles. The largest absolute Gasteiger partial charge is 0.0815 e. The minimum Gasteiger partial charge on any atom is -0.0815 e. The van der Waals surface area contributed by atoms with Crippen LogP contribution < -0.4 is 0 Å². The van der Waals surface area contributed by atoms with Crippen molar-refractivity contribution in [3.05, 3.63) is 47.5 Å². The summed E-state index contributed by atoms with van der Waals surface area (Å²) >= 11 is 0. The minimum atomic E-state index is -1.95. The molecule has 0 aromatic heterocycles. The number of benzene rings is 1. The van der Waals surface area contributed by atoms with E-state index in [9.17, 15) is 0 Å². The summed E-state index contributed by atoms with van der Waals surface area (Å²) in [5.74, 6) is 0. The molecule has 0 fully saturated rings. The summed E-state index contributed by atoms with van der Waals surface area (Å²) in [5, 5.41) is 0. The molecule has 0 aliphatic heterocycles. The maximum absolute atomic E-state index is 7.17. The van der Waals surface area contributed by atoms with Crippen molar-refractivity contribution in [1.29, 1.82) is 0 Å². The SMILES string of the molecule is [2H]C([2H])([2H])/C(C)=C/Cc1ccccc1. The monoisotopic (exact) mass is 149 g/mol. The molecule has 0 saturated heterocycles. The molecule has 0 amide bonds. The summed E-state index contributed by atoms with van der Waals surface area (Å²) in [6, 6.07) is 9.83. The summed E-state index contributed by atoms with van der Waals surface area (Å²) in [6.45, 7) is -0.301. The minimum absolute atomic E-state index is 0.460. The van der Waals surface area contributed by atoms with Crippen molar-refractivity contribution in [2.24, 2.45) is 0 Å². The van der Waals surface area contributed by atoms with Gasteiger partial charge in [-0.25, -0.2) is 0 Å². The van der Waals surface area contributed by atoms with Crippen LogP contribution in [0.2, 0.25) is 0 Å². The third kappa shape index (κ3) is 3.03. The van der Waals surface area contributed by atoms with E-state index in [2.05, 4.69) is 0 Å². The van der Waals surface area contributed by atoms with Crippen LogP contribution in [0.1, 0.15) is 23.5 Å². The summed E-state index contributed by atoms with van der Waals surface area (Å²) in [6.07, 6.45) is 2.45. The Kier molecular flexibility index (Phi) is 1.72. The van der Waals surface area contributed by atoms with Crippen molar-refractivity contribution in [1.82, 2.24) is 0 Å². The Morgan fingerprint density at radius 1 is 1.45 bits per heavy atom. The van der Waals surface area contributed by atoms with E-state index in [1.54, 1.807) is 13.0 Å². The van der Waals surface area contributed by atoms with Gasteiger partial charge in [-0.1, -0.05) is 42.0 Å². The van der Waals surface area contributed by atoms with Crippen LogP contribution >= 0.6 is 0 Å². The van der Waals surface area contributed by atoms with Gasteiger partial charge >= 0.3 is 0 Å². The first-order valence-electron chi connectivity index (χ1n) is 5.21. The van der Waals surface area contributed by atoms with E-state index in [-0.39, 0.29) is 0 Å². The highest BCUT2D eigenvalue weighted by Crippen LogP contribution is 2.01. The topological polar surface area (TPSA) is 0 Å². The second-order valence-electron chi connectivity index (χ2n) is 2.58. The van der Waals surface area contributed by atoms with Crippen LogP contribution in [-0.2, 0) is 6.42 Å². The molecule has 58 valence electrons. The number of hydrogen-bond acceptors (Lipinski definition) is 0. The van der Waals surface area contributed by atoms with Gasteiger partial charge in [0.2, 0.25) is 0 Å².